The molecule has 0 aromatic carbocycles. The highest BCUT2D eigenvalue weighted by molar-refractivity contribution is 9.09. The number of thiazole rings is 1. The molecule has 13 heteroatoms. The van der Waals surface area contributed by atoms with E-state index in [4.69, 9.17) is 20.8 Å². The summed E-state index contributed by atoms with van der Waals surface area (Å²) >= 11 is 10.9. The third-order valence-corrected chi connectivity index (χ3v) is 8.14. The van der Waals surface area contributed by atoms with Crippen molar-refractivity contribution in [1.29, 1.82) is 0 Å². The SMILES string of the molecule is Cc1csc(-c2c3c(=O)n(C)c(=O)n(C)c3c3n2CC(CNC(=O)CCCBr)OC3c2ccc(Cl)o2)n1. The summed E-state index contributed by atoms with van der Waals surface area (Å²) in [5.74, 6) is 0.354. The first-order chi connectivity index (χ1) is 17.7. The van der Waals surface area contributed by atoms with Crippen molar-refractivity contribution in [2.75, 3.05) is 11.9 Å². The van der Waals surface area contributed by atoms with Gasteiger partial charge in [0.25, 0.3) is 5.56 Å². The highest BCUT2D eigenvalue weighted by Crippen LogP contribution is 2.43. The summed E-state index contributed by atoms with van der Waals surface area (Å²) in [5.41, 5.74) is 1.61. The Morgan fingerprint density at radius 3 is 2.73 bits per heavy atom. The normalized spacial score (nSPS) is 17.3. The van der Waals surface area contributed by atoms with Gasteiger partial charge in [0.2, 0.25) is 5.91 Å². The van der Waals surface area contributed by atoms with Crippen LogP contribution in [0.15, 0.2) is 31.5 Å². The van der Waals surface area contributed by atoms with Crippen LogP contribution >= 0.6 is 38.9 Å². The zero-order valence-corrected chi connectivity index (χ0v) is 23.6. The van der Waals surface area contributed by atoms with Crippen LogP contribution in [0.1, 0.15) is 36.1 Å². The van der Waals surface area contributed by atoms with E-state index in [2.05, 4.69) is 26.2 Å². The second-order valence-corrected chi connectivity index (χ2v) is 11.0. The van der Waals surface area contributed by atoms with Gasteiger partial charge in [0.05, 0.1) is 34.9 Å². The van der Waals surface area contributed by atoms with Crippen LogP contribution in [-0.2, 0) is 30.2 Å². The van der Waals surface area contributed by atoms with Gasteiger partial charge < -0.3 is 19.0 Å². The highest BCUT2D eigenvalue weighted by Gasteiger charge is 2.38. The molecule has 0 fully saturated rings. The number of ether oxygens (including phenoxy) is 1. The van der Waals surface area contributed by atoms with E-state index in [1.165, 1.54) is 23.0 Å². The standard InChI is InChI=1S/C24H25BrClN5O5S/c1-12-11-37-22(28-12)19-17-18(29(2)24(34)30(3)23(17)33)20-21(14-6-7-15(26)36-14)35-13(10-31(19)20)9-27-16(32)5-4-8-25/h6-7,11,13,21H,4-5,8-10H2,1-3H3,(H,27,32). The maximum atomic E-state index is 13.5. The quantitative estimate of drug-likeness (QED) is 0.321. The average Bonchev–Trinajstić information content (AvgIpc) is 3.59. The Morgan fingerprint density at radius 1 is 1.30 bits per heavy atom. The molecule has 4 aromatic rings. The molecule has 1 aliphatic heterocycles. The third-order valence-electron chi connectivity index (χ3n) is 6.41. The van der Waals surface area contributed by atoms with E-state index in [9.17, 15) is 14.4 Å². The number of fused-ring (bicyclic) bond motifs is 3. The minimum atomic E-state index is -0.777. The largest absolute Gasteiger partial charge is 0.446 e. The van der Waals surface area contributed by atoms with E-state index >= 15 is 0 Å². The molecule has 37 heavy (non-hydrogen) atoms. The van der Waals surface area contributed by atoms with Crippen LogP contribution in [0.3, 0.4) is 0 Å². The van der Waals surface area contributed by atoms with Crippen LogP contribution in [0.25, 0.3) is 21.6 Å². The van der Waals surface area contributed by atoms with Crippen molar-refractivity contribution in [1.82, 2.24) is 24.0 Å². The first-order valence-corrected chi connectivity index (χ1v) is 14.1. The van der Waals surface area contributed by atoms with Gasteiger partial charge in [-0.2, -0.15) is 0 Å². The van der Waals surface area contributed by atoms with Gasteiger partial charge in [-0.1, -0.05) is 15.9 Å². The molecule has 1 aliphatic rings. The van der Waals surface area contributed by atoms with Gasteiger partial charge in [0.15, 0.2) is 11.3 Å². The number of halogens is 2. The molecule has 2 atom stereocenters. The monoisotopic (exact) mass is 609 g/mol. The number of nitrogens with zero attached hydrogens (tertiary/aromatic N) is 4. The van der Waals surface area contributed by atoms with Crippen molar-refractivity contribution in [3.8, 4) is 10.7 Å². The predicted molar refractivity (Wildman–Crippen MR) is 145 cm³/mol. The molecule has 10 nitrogen and oxygen atoms in total. The summed E-state index contributed by atoms with van der Waals surface area (Å²) in [6.45, 7) is 2.48. The Hall–Kier alpha value is -2.67. The number of carbonyl (C=O) groups is 1. The molecule has 4 aromatic heterocycles. The fourth-order valence-electron chi connectivity index (χ4n) is 4.71. The van der Waals surface area contributed by atoms with E-state index in [0.29, 0.717) is 46.0 Å². The lowest BCUT2D eigenvalue weighted by atomic mass is 10.1. The van der Waals surface area contributed by atoms with E-state index in [1.54, 1.807) is 19.2 Å². The molecule has 0 bridgehead atoms. The number of furan rings is 1. The average molecular weight is 611 g/mol. The number of hydrogen-bond acceptors (Lipinski definition) is 7. The summed E-state index contributed by atoms with van der Waals surface area (Å²) in [6.07, 6.45) is -0.101. The number of amides is 1. The van der Waals surface area contributed by atoms with Crippen molar-refractivity contribution in [2.24, 2.45) is 14.1 Å². The Bertz CT molecular complexity index is 1620. The first kappa shape index (κ1) is 26.0. The molecular weight excluding hydrogens is 586 g/mol. The van der Waals surface area contributed by atoms with Crippen LogP contribution in [0.5, 0.6) is 0 Å². The number of alkyl halides is 1. The summed E-state index contributed by atoms with van der Waals surface area (Å²) < 4.78 is 16.7. The van der Waals surface area contributed by atoms with E-state index in [0.717, 1.165) is 22.0 Å². The van der Waals surface area contributed by atoms with Gasteiger partial charge in [-0.3, -0.25) is 18.7 Å². The lowest BCUT2D eigenvalue weighted by Gasteiger charge is -2.32. The molecule has 196 valence electrons. The fraction of sp³-hybridized carbons (Fsp3) is 0.417. The van der Waals surface area contributed by atoms with Crippen molar-refractivity contribution in [2.45, 2.75) is 38.5 Å². The molecule has 0 spiro atoms. The van der Waals surface area contributed by atoms with Crippen LogP contribution in [0.4, 0.5) is 0 Å². The lowest BCUT2D eigenvalue weighted by Crippen LogP contribution is -2.40. The molecular formula is C24H25BrClN5O5S. The van der Waals surface area contributed by atoms with Crippen LogP contribution in [0.2, 0.25) is 5.22 Å². The van der Waals surface area contributed by atoms with Crippen molar-refractivity contribution >= 4 is 55.7 Å². The maximum absolute atomic E-state index is 13.5. The van der Waals surface area contributed by atoms with Crippen molar-refractivity contribution in [3.05, 3.63) is 60.7 Å². The summed E-state index contributed by atoms with van der Waals surface area (Å²) in [7, 11) is 3.09. The van der Waals surface area contributed by atoms with Crippen LogP contribution in [0, 0.1) is 6.92 Å². The Balaban J connectivity index is 1.74. The summed E-state index contributed by atoms with van der Waals surface area (Å²) in [5, 5.41) is 6.82. The lowest BCUT2D eigenvalue weighted by molar-refractivity contribution is -0.122. The molecule has 0 saturated carbocycles. The number of aromatic nitrogens is 4. The number of carbonyl (C=O) groups excluding carboxylic acids is 1. The number of aryl methyl sites for hydroxylation is 2. The molecule has 5 rings (SSSR count). The molecule has 2 unspecified atom stereocenters. The Kier molecular flexibility index (Phi) is 7.18. The van der Waals surface area contributed by atoms with E-state index < -0.39 is 23.5 Å². The maximum Gasteiger partial charge on any atom is 0.331 e. The summed E-state index contributed by atoms with van der Waals surface area (Å²) in [6, 6.07) is 3.32. The molecule has 1 amide bonds. The molecule has 0 saturated heterocycles. The van der Waals surface area contributed by atoms with Gasteiger partial charge in [0, 0.05) is 43.5 Å². The van der Waals surface area contributed by atoms with Crippen LogP contribution in [-0.4, -0.2) is 42.6 Å². The molecule has 0 aliphatic carbocycles. The van der Waals surface area contributed by atoms with E-state index in [1.807, 2.05) is 16.9 Å². The second-order valence-electron chi connectivity index (χ2n) is 8.94. The van der Waals surface area contributed by atoms with Gasteiger partial charge in [-0.15, -0.1) is 11.3 Å². The zero-order chi connectivity index (χ0) is 26.4. The zero-order valence-electron chi connectivity index (χ0n) is 20.4. The highest BCUT2D eigenvalue weighted by atomic mass is 79.9. The Labute approximate surface area is 228 Å². The summed E-state index contributed by atoms with van der Waals surface area (Å²) in [4.78, 5) is 43.5. The molecule has 5 heterocycles. The van der Waals surface area contributed by atoms with Gasteiger partial charge >= 0.3 is 5.69 Å². The van der Waals surface area contributed by atoms with Crippen LogP contribution < -0.4 is 16.6 Å². The van der Waals surface area contributed by atoms with E-state index in [-0.39, 0.29) is 17.7 Å². The predicted octanol–water partition coefficient (Wildman–Crippen LogP) is 3.50. The molecule has 1 N–H and O–H groups in total. The molecule has 0 radical (unpaired) electrons. The fourth-order valence-corrected chi connectivity index (χ4v) is 6.00. The smallest absolute Gasteiger partial charge is 0.331 e. The third kappa shape index (κ3) is 4.60. The number of rotatable bonds is 7. The minimum absolute atomic E-state index is 0.0730. The Morgan fingerprint density at radius 2 is 2.08 bits per heavy atom. The minimum Gasteiger partial charge on any atom is -0.446 e. The van der Waals surface area contributed by atoms with Gasteiger partial charge in [-0.05, 0) is 37.1 Å². The van der Waals surface area contributed by atoms with Crippen molar-refractivity contribution in [3.63, 3.8) is 0 Å². The number of hydrogen-bond donors (Lipinski definition) is 1. The van der Waals surface area contributed by atoms with Gasteiger partial charge in [-0.25, -0.2) is 9.78 Å². The number of nitrogens with one attached hydrogen (secondary N) is 1. The topological polar surface area (TPSA) is 113 Å². The van der Waals surface area contributed by atoms with Crippen molar-refractivity contribution < 1.29 is 13.9 Å². The second kappa shape index (κ2) is 10.2. The van der Waals surface area contributed by atoms with Gasteiger partial charge in [0.1, 0.15) is 10.8 Å². The first-order valence-electron chi connectivity index (χ1n) is 11.7.